The van der Waals surface area contributed by atoms with Crippen LogP contribution >= 0.6 is 0 Å². The van der Waals surface area contributed by atoms with Crippen LogP contribution in [0.25, 0.3) is 0 Å². The minimum absolute atomic E-state index is 0.157. The van der Waals surface area contributed by atoms with Gasteiger partial charge in [0.1, 0.15) is 5.69 Å². The largest absolute Gasteiger partial charge is 0.390 e. The number of nitrogens with zero attached hydrogens (tertiary/aromatic N) is 1. The van der Waals surface area contributed by atoms with Gasteiger partial charge < -0.3 is 9.67 Å². The van der Waals surface area contributed by atoms with Gasteiger partial charge in [-0.15, -0.1) is 0 Å². The maximum Gasteiger partial charge on any atom is 0.210 e. The van der Waals surface area contributed by atoms with Gasteiger partial charge in [0.25, 0.3) is 0 Å². The number of hydrogen-bond donors (Lipinski definition) is 1. The number of ketones is 2. The first-order chi connectivity index (χ1) is 8.65. The second-order valence-electron chi connectivity index (χ2n) is 4.32. The summed E-state index contributed by atoms with van der Waals surface area (Å²) >= 11 is 0. The lowest BCUT2D eigenvalue weighted by Crippen LogP contribution is -2.22. The fourth-order valence-corrected chi connectivity index (χ4v) is 2.41. The Morgan fingerprint density at radius 3 is 2.28 bits per heavy atom. The SMILES string of the molecule is Cn1c(CO)cc2c1C(=O)c1ccccc1C2=O. The molecule has 0 fully saturated rings. The molecule has 0 amide bonds. The van der Waals surface area contributed by atoms with Gasteiger partial charge in [-0.1, -0.05) is 24.3 Å². The Labute approximate surface area is 103 Å². The van der Waals surface area contributed by atoms with E-state index < -0.39 is 0 Å². The zero-order valence-electron chi connectivity index (χ0n) is 9.80. The van der Waals surface area contributed by atoms with Crippen molar-refractivity contribution in [1.82, 2.24) is 4.57 Å². The van der Waals surface area contributed by atoms with Crippen LogP contribution in [0.2, 0.25) is 0 Å². The molecule has 1 aromatic carbocycles. The molecule has 0 saturated heterocycles. The highest BCUT2D eigenvalue weighted by molar-refractivity contribution is 6.28. The Bertz CT molecular complexity index is 682. The predicted octanol–water partition coefficient (Wildman–Crippen LogP) is 1.29. The normalized spacial score (nSPS) is 13.4. The van der Waals surface area contributed by atoms with Crippen molar-refractivity contribution in [2.24, 2.45) is 7.05 Å². The first-order valence-corrected chi connectivity index (χ1v) is 5.63. The Morgan fingerprint density at radius 1 is 1.06 bits per heavy atom. The standard InChI is InChI=1S/C14H11NO3/c1-15-8(7-16)6-11-12(15)14(18)10-5-3-2-4-9(10)13(11)17/h2-6,16H,7H2,1H3. The summed E-state index contributed by atoms with van der Waals surface area (Å²) in [6.45, 7) is -0.194. The van der Waals surface area contributed by atoms with Crippen LogP contribution in [-0.4, -0.2) is 21.2 Å². The van der Waals surface area contributed by atoms with Crippen LogP contribution in [0.4, 0.5) is 0 Å². The van der Waals surface area contributed by atoms with Crippen molar-refractivity contribution < 1.29 is 14.7 Å². The van der Waals surface area contributed by atoms with Crippen molar-refractivity contribution >= 4 is 11.6 Å². The summed E-state index contributed by atoms with van der Waals surface area (Å²) in [6, 6.07) is 8.38. The van der Waals surface area contributed by atoms with E-state index in [0.717, 1.165) is 0 Å². The molecule has 1 aromatic heterocycles. The van der Waals surface area contributed by atoms with Gasteiger partial charge >= 0.3 is 0 Å². The summed E-state index contributed by atoms with van der Waals surface area (Å²) in [5.74, 6) is -0.321. The van der Waals surface area contributed by atoms with Crippen molar-refractivity contribution in [3.05, 3.63) is 58.4 Å². The minimum atomic E-state index is -0.194. The number of carbonyl (C=O) groups is 2. The maximum atomic E-state index is 12.3. The number of fused-ring (bicyclic) bond motifs is 2. The predicted molar refractivity (Wildman–Crippen MR) is 64.6 cm³/mol. The molecule has 1 N–H and O–H groups in total. The van der Waals surface area contributed by atoms with Crippen LogP contribution in [-0.2, 0) is 13.7 Å². The van der Waals surface area contributed by atoms with Crippen LogP contribution in [0, 0.1) is 0 Å². The molecule has 4 heteroatoms. The number of carbonyl (C=O) groups excluding carboxylic acids is 2. The van der Waals surface area contributed by atoms with E-state index in [9.17, 15) is 14.7 Å². The van der Waals surface area contributed by atoms with Gasteiger partial charge in [-0.25, -0.2) is 0 Å². The minimum Gasteiger partial charge on any atom is -0.390 e. The highest BCUT2D eigenvalue weighted by atomic mass is 16.3. The highest BCUT2D eigenvalue weighted by Crippen LogP contribution is 2.29. The van der Waals surface area contributed by atoms with Gasteiger partial charge in [0.15, 0.2) is 5.78 Å². The van der Waals surface area contributed by atoms with E-state index in [1.807, 2.05) is 0 Å². The summed E-state index contributed by atoms with van der Waals surface area (Å²) in [5, 5.41) is 9.21. The first kappa shape index (κ1) is 10.9. The number of rotatable bonds is 1. The van der Waals surface area contributed by atoms with E-state index in [0.29, 0.717) is 28.1 Å². The van der Waals surface area contributed by atoms with Crippen LogP contribution < -0.4 is 0 Å². The van der Waals surface area contributed by atoms with E-state index in [4.69, 9.17) is 0 Å². The Hall–Kier alpha value is -2.20. The molecule has 4 nitrogen and oxygen atoms in total. The van der Waals surface area contributed by atoms with E-state index in [2.05, 4.69) is 0 Å². The van der Waals surface area contributed by atoms with Crippen molar-refractivity contribution in [2.75, 3.05) is 0 Å². The lowest BCUT2D eigenvalue weighted by molar-refractivity contribution is 0.0974. The molecule has 0 bridgehead atoms. The number of aliphatic hydroxyl groups excluding tert-OH is 1. The van der Waals surface area contributed by atoms with Crippen LogP contribution in [0.15, 0.2) is 30.3 Å². The van der Waals surface area contributed by atoms with Crippen molar-refractivity contribution in [2.45, 2.75) is 6.61 Å². The number of aromatic nitrogens is 1. The molecule has 0 saturated carbocycles. The quantitative estimate of drug-likeness (QED) is 0.698. The molecular formula is C14H11NO3. The summed E-state index contributed by atoms with van der Waals surface area (Å²) in [7, 11) is 1.68. The Morgan fingerprint density at radius 2 is 1.67 bits per heavy atom. The van der Waals surface area contributed by atoms with E-state index in [1.54, 1.807) is 41.9 Å². The third kappa shape index (κ3) is 1.23. The second-order valence-corrected chi connectivity index (χ2v) is 4.32. The van der Waals surface area contributed by atoms with E-state index in [1.165, 1.54) is 0 Å². The summed E-state index contributed by atoms with van der Waals surface area (Å²) in [5.41, 5.74) is 2.17. The van der Waals surface area contributed by atoms with E-state index in [-0.39, 0.29) is 18.2 Å². The molecule has 2 aromatic rings. The average molecular weight is 241 g/mol. The highest BCUT2D eigenvalue weighted by Gasteiger charge is 2.32. The summed E-state index contributed by atoms with van der Waals surface area (Å²) < 4.78 is 1.59. The molecule has 0 spiro atoms. The molecule has 3 rings (SSSR count). The van der Waals surface area contributed by atoms with Crippen molar-refractivity contribution in [3.63, 3.8) is 0 Å². The van der Waals surface area contributed by atoms with Crippen LogP contribution in [0.3, 0.4) is 0 Å². The number of benzene rings is 1. The monoisotopic (exact) mass is 241 g/mol. The third-order valence-corrected chi connectivity index (χ3v) is 3.37. The molecule has 18 heavy (non-hydrogen) atoms. The molecule has 0 radical (unpaired) electrons. The van der Waals surface area contributed by atoms with Gasteiger partial charge in [0, 0.05) is 23.9 Å². The summed E-state index contributed by atoms with van der Waals surface area (Å²) in [6.07, 6.45) is 0. The number of aliphatic hydroxyl groups is 1. The number of hydrogen-bond acceptors (Lipinski definition) is 3. The Balaban J connectivity index is 2.32. The molecule has 90 valence electrons. The average Bonchev–Trinajstić information content (AvgIpc) is 2.73. The van der Waals surface area contributed by atoms with Gasteiger partial charge in [-0.3, -0.25) is 9.59 Å². The van der Waals surface area contributed by atoms with E-state index >= 15 is 0 Å². The van der Waals surface area contributed by atoms with Crippen LogP contribution in [0.1, 0.15) is 37.7 Å². The molecule has 0 unspecified atom stereocenters. The van der Waals surface area contributed by atoms with Gasteiger partial charge in [0.05, 0.1) is 12.2 Å². The van der Waals surface area contributed by atoms with Crippen molar-refractivity contribution in [3.8, 4) is 0 Å². The zero-order valence-corrected chi connectivity index (χ0v) is 9.80. The maximum absolute atomic E-state index is 12.3. The Kier molecular flexibility index (Phi) is 2.21. The molecule has 1 heterocycles. The third-order valence-electron chi connectivity index (χ3n) is 3.37. The fourth-order valence-electron chi connectivity index (χ4n) is 2.41. The lowest BCUT2D eigenvalue weighted by Gasteiger charge is -2.15. The molecular weight excluding hydrogens is 230 g/mol. The topological polar surface area (TPSA) is 59.3 Å². The van der Waals surface area contributed by atoms with Crippen LogP contribution in [0.5, 0.6) is 0 Å². The lowest BCUT2D eigenvalue weighted by atomic mass is 9.88. The first-order valence-electron chi connectivity index (χ1n) is 5.63. The van der Waals surface area contributed by atoms with Gasteiger partial charge in [0.2, 0.25) is 5.78 Å². The molecule has 0 atom stereocenters. The van der Waals surface area contributed by atoms with Gasteiger partial charge in [-0.2, -0.15) is 0 Å². The van der Waals surface area contributed by atoms with Gasteiger partial charge in [-0.05, 0) is 6.07 Å². The smallest absolute Gasteiger partial charge is 0.210 e. The summed E-state index contributed by atoms with van der Waals surface area (Å²) in [4.78, 5) is 24.6. The molecule has 0 aliphatic heterocycles. The molecule has 1 aliphatic carbocycles. The van der Waals surface area contributed by atoms with Crippen molar-refractivity contribution in [1.29, 1.82) is 0 Å². The molecule has 1 aliphatic rings. The fraction of sp³-hybridized carbons (Fsp3) is 0.143. The zero-order chi connectivity index (χ0) is 12.9. The second kappa shape index (κ2) is 3.65.